The van der Waals surface area contributed by atoms with Crippen molar-refractivity contribution in [2.75, 3.05) is 0 Å². The topological polar surface area (TPSA) is 30.7 Å². The summed E-state index contributed by atoms with van der Waals surface area (Å²) in [6, 6.07) is 2.02. The van der Waals surface area contributed by atoms with Gasteiger partial charge in [0.25, 0.3) is 0 Å². The average molecular weight is 266 g/mol. The maximum absolute atomic E-state index is 6.22. The molecule has 0 aliphatic rings. The number of hydrogen-bond acceptors (Lipinski definition) is 2. The number of fused-ring (bicyclic) bond motifs is 1. The van der Waals surface area contributed by atoms with Crippen molar-refractivity contribution < 1.29 is 0 Å². The van der Waals surface area contributed by atoms with Crippen LogP contribution in [0, 0.1) is 0 Å². The van der Waals surface area contributed by atoms with Crippen LogP contribution in [0.3, 0.4) is 0 Å². The van der Waals surface area contributed by atoms with Crippen molar-refractivity contribution in [3.63, 3.8) is 0 Å². The largest absolute Gasteiger partial charge is 0.327 e. The summed E-state index contributed by atoms with van der Waals surface area (Å²) in [4.78, 5) is 8.70. The molecule has 0 N–H and O–H groups in total. The fourth-order valence-electron chi connectivity index (χ4n) is 2.24. The molecule has 98 valence electrons. The molecule has 3 nitrogen and oxygen atoms in total. The number of rotatable bonds is 6. The summed E-state index contributed by atoms with van der Waals surface area (Å²) in [5.74, 6) is 0.955. The van der Waals surface area contributed by atoms with Gasteiger partial charge in [-0.2, -0.15) is 0 Å². The molecular weight excluding hydrogens is 246 g/mol. The van der Waals surface area contributed by atoms with Crippen LogP contribution in [0.2, 0.25) is 0 Å². The molecule has 0 spiro atoms. The van der Waals surface area contributed by atoms with Crippen molar-refractivity contribution >= 4 is 22.6 Å². The van der Waals surface area contributed by atoms with Crippen LogP contribution in [-0.4, -0.2) is 14.5 Å². The molecule has 2 heterocycles. The highest BCUT2D eigenvalue weighted by Gasteiger charge is 2.14. The second-order valence-corrected chi connectivity index (χ2v) is 5.32. The second-order valence-electron chi connectivity index (χ2n) is 4.66. The van der Waals surface area contributed by atoms with Gasteiger partial charge in [0.1, 0.15) is 11.3 Å². The van der Waals surface area contributed by atoms with E-state index < -0.39 is 0 Å². The number of imidazole rings is 1. The molecular formula is C14H20ClN3. The molecule has 1 unspecified atom stereocenters. The van der Waals surface area contributed by atoms with Gasteiger partial charge in [-0.05, 0) is 19.4 Å². The second kappa shape index (κ2) is 6.19. The monoisotopic (exact) mass is 265 g/mol. The maximum Gasteiger partial charge on any atom is 0.127 e. The fraction of sp³-hybridized carbons (Fsp3) is 0.571. The van der Waals surface area contributed by atoms with Crippen molar-refractivity contribution in [3.05, 3.63) is 24.3 Å². The number of halogens is 1. The Bertz CT molecular complexity index is 505. The molecule has 0 fully saturated rings. The molecule has 4 heteroatoms. The first kappa shape index (κ1) is 13.3. The van der Waals surface area contributed by atoms with E-state index in [1.165, 1.54) is 25.7 Å². The Kier molecular flexibility index (Phi) is 4.59. The van der Waals surface area contributed by atoms with Gasteiger partial charge in [0.05, 0.1) is 17.1 Å². The summed E-state index contributed by atoms with van der Waals surface area (Å²) in [7, 11) is 0. The van der Waals surface area contributed by atoms with Crippen LogP contribution in [0.4, 0.5) is 0 Å². The molecule has 0 aliphatic carbocycles. The van der Waals surface area contributed by atoms with Crippen LogP contribution in [0.5, 0.6) is 0 Å². The van der Waals surface area contributed by atoms with Gasteiger partial charge in [-0.1, -0.05) is 26.2 Å². The van der Waals surface area contributed by atoms with Crippen molar-refractivity contribution in [2.45, 2.75) is 51.5 Å². The van der Waals surface area contributed by atoms with E-state index in [-0.39, 0.29) is 5.38 Å². The molecule has 0 aromatic carbocycles. The highest BCUT2D eigenvalue weighted by Crippen LogP contribution is 2.24. The third-order valence-corrected chi connectivity index (χ3v) is 3.37. The van der Waals surface area contributed by atoms with Gasteiger partial charge in [-0.3, -0.25) is 4.98 Å². The molecule has 0 bridgehead atoms. The van der Waals surface area contributed by atoms with E-state index >= 15 is 0 Å². The predicted molar refractivity (Wildman–Crippen MR) is 75.9 cm³/mol. The first-order valence-electron chi connectivity index (χ1n) is 6.68. The summed E-state index contributed by atoms with van der Waals surface area (Å²) < 4.78 is 2.24. The minimum absolute atomic E-state index is 0.0661. The van der Waals surface area contributed by atoms with Gasteiger partial charge < -0.3 is 4.57 Å². The van der Waals surface area contributed by atoms with Crippen molar-refractivity contribution in [1.82, 2.24) is 14.5 Å². The Balaban J connectivity index is 2.24. The molecule has 0 saturated carbocycles. The number of pyridine rings is 1. The van der Waals surface area contributed by atoms with Crippen LogP contribution in [0.25, 0.3) is 11.0 Å². The van der Waals surface area contributed by atoms with Gasteiger partial charge in [-0.15, -0.1) is 11.6 Å². The molecule has 0 aliphatic heterocycles. The number of unbranched alkanes of at least 4 members (excludes halogenated alkanes) is 3. The molecule has 2 aromatic rings. The molecule has 0 radical (unpaired) electrons. The number of alkyl halides is 1. The van der Waals surface area contributed by atoms with Crippen LogP contribution in [-0.2, 0) is 6.54 Å². The molecule has 0 saturated heterocycles. The lowest BCUT2D eigenvalue weighted by Crippen LogP contribution is -2.04. The van der Waals surface area contributed by atoms with E-state index in [2.05, 4.69) is 21.5 Å². The highest BCUT2D eigenvalue weighted by atomic mass is 35.5. The van der Waals surface area contributed by atoms with Crippen LogP contribution in [0.15, 0.2) is 18.5 Å². The standard InChI is InChI=1S/C14H20ClN3/c1-3-4-5-6-9-18-13-7-8-16-10-12(13)17-14(18)11(2)15/h7-8,10-11H,3-6,9H2,1-2H3. The van der Waals surface area contributed by atoms with Crippen molar-refractivity contribution in [1.29, 1.82) is 0 Å². The SMILES string of the molecule is CCCCCCn1c(C(C)Cl)nc2cnccc21. The maximum atomic E-state index is 6.22. The first-order chi connectivity index (χ1) is 8.74. The van der Waals surface area contributed by atoms with E-state index in [4.69, 9.17) is 11.6 Å². The van der Waals surface area contributed by atoms with Gasteiger partial charge in [0.15, 0.2) is 0 Å². The minimum Gasteiger partial charge on any atom is -0.327 e. The molecule has 0 amide bonds. The van der Waals surface area contributed by atoms with E-state index in [0.29, 0.717) is 0 Å². The van der Waals surface area contributed by atoms with Crippen molar-refractivity contribution in [2.24, 2.45) is 0 Å². The normalized spacial score (nSPS) is 13.1. The molecule has 2 rings (SSSR count). The van der Waals surface area contributed by atoms with E-state index in [0.717, 1.165) is 23.4 Å². The summed E-state index contributed by atoms with van der Waals surface area (Å²) in [5.41, 5.74) is 2.08. The zero-order chi connectivity index (χ0) is 13.0. The minimum atomic E-state index is -0.0661. The lowest BCUT2D eigenvalue weighted by molar-refractivity contribution is 0.574. The zero-order valence-electron chi connectivity index (χ0n) is 11.1. The summed E-state index contributed by atoms with van der Waals surface area (Å²) >= 11 is 6.22. The lowest BCUT2D eigenvalue weighted by atomic mass is 10.2. The Hall–Kier alpha value is -1.09. The predicted octanol–water partition coefficient (Wildman–Crippen LogP) is 4.31. The van der Waals surface area contributed by atoms with Gasteiger partial charge in [-0.25, -0.2) is 4.98 Å². The van der Waals surface area contributed by atoms with E-state index in [1.54, 1.807) is 6.20 Å². The lowest BCUT2D eigenvalue weighted by Gasteiger charge is -2.10. The van der Waals surface area contributed by atoms with Gasteiger partial charge in [0.2, 0.25) is 0 Å². The quantitative estimate of drug-likeness (QED) is 0.576. The van der Waals surface area contributed by atoms with E-state index in [9.17, 15) is 0 Å². The Morgan fingerprint density at radius 3 is 2.89 bits per heavy atom. The average Bonchev–Trinajstić information content (AvgIpc) is 2.74. The Morgan fingerprint density at radius 1 is 1.33 bits per heavy atom. The number of aryl methyl sites for hydroxylation is 1. The number of nitrogens with zero attached hydrogens (tertiary/aromatic N) is 3. The molecule has 2 aromatic heterocycles. The summed E-state index contributed by atoms with van der Waals surface area (Å²) in [6.07, 6.45) is 8.61. The third kappa shape index (κ3) is 2.83. The number of aromatic nitrogens is 3. The summed E-state index contributed by atoms with van der Waals surface area (Å²) in [6.45, 7) is 5.19. The summed E-state index contributed by atoms with van der Waals surface area (Å²) in [5, 5.41) is -0.0661. The van der Waals surface area contributed by atoms with Crippen LogP contribution >= 0.6 is 11.6 Å². The number of hydrogen-bond donors (Lipinski definition) is 0. The molecule has 1 atom stereocenters. The fourth-order valence-corrected chi connectivity index (χ4v) is 2.40. The van der Waals surface area contributed by atoms with Gasteiger partial charge >= 0.3 is 0 Å². The first-order valence-corrected chi connectivity index (χ1v) is 7.12. The van der Waals surface area contributed by atoms with Crippen molar-refractivity contribution in [3.8, 4) is 0 Å². The zero-order valence-corrected chi connectivity index (χ0v) is 11.8. The van der Waals surface area contributed by atoms with Crippen LogP contribution < -0.4 is 0 Å². The Morgan fingerprint density at radius 2 is 2.17 bits per heavy atom. The van der Waals surface area contributed by atoms with Gasteiger partial charge in [0, 0.05) is 12.7 Å². The highest BCUT2D eigenvalue weighted by molar-refractivity contribution is 6.20. The van der Waals surface area contributed by atoms with E-state index in [1.807, 2.05) is 19.2 Å². The third-order valence-electron chi connectivity index (χ3n) is 3.17. The smallest absolute Gasteiger partial charge is 0.127 e. The van der Waals surface area contributed by atoms with Crippen LogP contribution in [0.1, 0.15) is 50.7 Å². The Labute approximate surface area is 113 Å². The molecule has 18 heavy (non-hydrogen) atoms.